The smallest absolute Gasteiger partial charge is 0.192 e. The summed E-state index contributed by atoms with van der Waals surface area (Å²) < 4.78 is 13.0. The first kappa shape index (κ1) is 14.9. The molecular weight excluding hydrogens is 344 g/mol. The van der Waals surface area contributed by atoms with Crippen molar-refractivity contribution in [2.45, 2.75) is 62.4 Å². The van der Waals surface area contributed by atoms with Gasteiger partial charge in [-0.15, -0.1) is 0 Å². The summed E-state index contributed by atoms with van der Waals surface area (Å²) in [7, 11) is -1.69. The zero-order valence-electron chi connectivity index (χ0n) is 13.7. The fourth-order valence-corrected chi connectivity index (χ4v) is 7.24. The van der Waals surface area contributed by atoms with E-state index in [0.717, 1.165) is 12.5 Å². The minimum Gasteiger partial charge on any atom is -0.416 e. The third kappa shape index (κ3) is 1.76. The first-order chi connectivity index (χ1) is 9.67. The highest BCUT2D eigenvalue weighted by molar-refractivity contribution is 9.09. The molecule has 1 saturated heterocycles. The molecule has 0 aromatic heterocycles. The predicted molar refractivity (Wildman–Crippen MR) is 91.2 cm³/mol. The lowest BCUT2D eigenvalue weighted by atomic mass is 9.68. The molecule has 21 heavy (non-hydrogen) atoms. The van der Waals surface area contributed by atoms with Gasteiger partial charge in [0.15, 0.2) is 8.32 Å². The molecule has 0 aromatic carbocycles. The summed E-state index contributed by atoms with van der Waals surface area (Å²) in [6.07, 6.45) is 6.93. The summed E-state index contributed by atoms with van der Waals surface area (Å²) in [5.41, 5.74) is 0.242. The fraction of sp³-hybridized carbons (Fsp3) is 0.882. The van der Waals surface area contributed by atoms with Crippen LogP contribution >= 0.6 is 15.9 Å². The molecule has 0 radical (unpaired) electrons. The molecule has 0 amide bonds. The number of alkyl halides is 1. The topological polar surface area (TPSA) is 18.5 Å². The summed E-state index contributed by atoms with van der Waals surface area (Å²) in [6.45, 7) is 12.6. The molecule has 4 rings (SSSR count). The Bertz CT molecular complexity index is 498. The first-order valence-corrected chi connectivity index (χ1v) is 12.1. The molecule has 0 aromatic rings. The van der Waals surface area contributed by atoms with E-state index in [1.165, 1.54) is 6.42 Å². The van der Waals surface area contributed by atoms with E-state index < -0.39 is 8.32 Å². The maximum atomic E-state index is 6.66. The van der Waals surface area contributed by atoms with Crippen LogP contribution in [-0.4, -0.2) is 32.0 Å². The Morgan fingerprint density at radius 2 is 2.10 bits per heavy atom. The molecule has 7 unspecified atom stereocenters. The van der Waals surface area contributed by atoms with E-state index in [4.69, 9.17) is 9.16 Å². The lowest BCUT2D eigenvalue weighted by molar-refractivity contribution is 0.0694. The molecule has 0 N–H and O–H groups in total. The molecule has 1 heterocycles. The number of fused-ring (bicyclic) bond motifs is 2. The van der Waals surface area contributed by atoms with Crippen molar-refractivity contribution in [3.63, 3.8) is 0 Å². The highest BCUT2D eigenvalue weighted by Gasteiger charge is 2.72. The maximum Gasteiger partial charge on any atom is 0.192 e. The van der Waals surface area contributed by atoms with Crippen LogP contribution in [0.5, 0.6) is 0 Å². The maximum absolute atomic E-state index is 6.66. The van der Waals surface area contributed by atoms with Crippen LogP contribution < -0.4 is 0 Å². The molecule has 118 valence electrons. The van der Waals surface area contributed by atoms with Crippen LogP contribution in [0, 0.1) is 23.2 Å². The van der Waals surface area contributed by atoms with Gasteiger partial charge in [0.1, 0.15) is 0 Å². The monoisotopic (exact) mass is 370 g/mol. The Labute approximate surface area is 137 Å². The molecule has 1 aliphatic heterocycles. The van der Waals surface area contributed by atoms with Crippen LogP contribution in [0.1, 0.15) is 27.2 Å². The van der Waals surface area contributed by atoms with Gasteiger partial charge in [-0.1, -0.05) is 48.9 Å². The number of hydrogen-bond acceptors (Lipinski definition) is 2. The number of ether oxygens (including phenoxy) is 1. The van der Waals surface area contributed by atoms with Crippen molar-refractivity contribution in [3.05, 3.63) is 12.2 Å². The Balaban J connectivity index is 1.60. The van der Waals surface area contributed by atoms with Crippen molar-refractivity contribution < 1.29 is 9.16 Å². The Hall–Kier alpha value is 0.357. The lowest BCUT2D eigenvalue weighted by Gasteiger charge is -2.44. The van der Waals surface area contributed by atoms with Crippen molar-refractivity contribution >= 4 is 24.2 Å². The van der Waals surface area contributed by atoms with Gasteiger partial charge in [-0.2, -0.15) is 0 Å². The second-order valence-corrected chi connectivity index (χ2v) is 14.9. The van der Waals surface area contributed by atoms with Gasteiger partial charge >= 0.3 is 0 Å². The van der Waals surface area contributed by atoms with Gasteiger partial charge in [0.05, 0.1) is 12.2 Å². The summed E-state index contributed by atoms with van der Waals surface area (Å²) in [5.74, 6) is 2.14. The molecule has 4 heteroatoms. The van der Waals surface area contributed by atoms with Gasteiger partial charge < -0.3 is 9.16 Å². The molecule has 7 atom stereocenters. The molecule has 0 spiro atoms. The average Bonchev–Trinajstić information content (AvgIpc) is 3.03. The minimum absolute atomic E-state index is 0.242. The second-order valence-electron chi connectivity index (χ2n) is 9.06. The largest absolute Gasteiger partial charge is 0.416 e. The van der Waals surface area contributed by atoms with E-state index in [1.54, 1.807) is 0 Å². The molecular formula is C17H27BrO2Si. The summed E-state index contributed by atoms with van der Waals surface area (Å²) in [4.78, 5) is 0.525. The summed E-state index contributed by atoms with van der Waals surface area (Å²) in [5, 5.41) is 0.283. The van der Waals surface area contributed by atoms with E-state index in [-0.39, 0.29) is 10.5 Å². The SMILES string of the molecule is CC(C)(C)[Si](C)(C)OCC12C=CC3OC4C(Br)C1CC4C32. The highest BCUT2D eigenvalue weighted by Crippen LogP contribution is 2.70. The number of rotatable bonds is 3. The summed E-state index contributed by atoms with van der Waals surface area (Å²) in [6, 6.07) is 0. The van der Waals surface area contributed by atoms with Gasteiger partial charge in [0.25, 0.3) is 0 Å². The van der Waals surface area contributed by atoms with E-state index in [0.29, 0.717) is 28.9 Å². The molecule has 2 saturated carbocycles. The Morgan fingerprint density at radius 3 is 2.76 bits per heavy atom. The van der Waals surface area contributed by atoms with Crippen molar-refractivity contribution in [1.29, 1.82) is 0 Å². The standard InChI is InChI=1S/C17H27BrO2Si/c1-16(2,3)21(4,5)19-9-17-7-6-12-13(17)10-8-11(17)14(18)15(10)20-12/h6-7,10-15H,8-9H2,1-5H3. The highest BCUT2D eigenvalue weighted by atomic mass is 79.9. The number of halogens is 1. The van der Waals surface area contributed by atoms with Crippen LogP contribution in [0.2, 0.25) is 18.1 Å². The van der Waals surface area contributed by atoms with Crippen molar-refractivity contribution in [2.75, 3.05) is 6.61 Å². The molecule has 4 aliphatic rings. The van der Waals surface area contributed by atoms with E-state index in [9.17, 15) is 0 Å². The van der Waals surface area contributed by atoms with E-state index in [2.05, 4.69) is 61.9 Å². The zero-order valence-corrected chi connectivity index (χ0v) is 16.3. The second kappa shape index (κ2) is 4.25. The average molecular weight is 371 g/mol. The Kier molecular flexibility index (Phi) is 3.02. The molecule has 2 nitrogen and oxygen atoms in total. The zero-order chi connectivity index (χ0) is 15.2. The van der Waals surface area contributed by atoms with Crippen molar-refractivity contribution in [2.24, 2.45) is 23.2 Å². The van der Waals surface area contributed by atoms with Crippen LogP contribution in [-0.2, 0) is 9.16 Å². The molecule has 3 fully saturated rings. The van der Waals surface area contributed by atoms with Gasteiger partial charge in [-0.3, -0.25) is 0 Å². The Morgan fingerprint density at radius 1 is 1.38 bits per heavy atom. The van der Waals surface area contributed by atoms with Crippen molar-refractivity contribution in [3.8, 4) is 0 Å². The van der Waals surface area contributed by atoms with Crippen LogP contribution in [0.3, 0.4) is 0 Å². The lowest BCUT2D eigenvalue weighted by Crippen LogP contribution is -2.49. The predicted octanol–water partition coefficient (Wildman–Crippen LogP) is 4.36. The van der Waals surface area contributed by atoms with Crippen molar-refractivity contribution in [1.82, 2.24) is 0 Å². The third-order valence-corrected chi connectivity index (χ3v) is 12.8. The minimum atomic E-state index is -1.69. The van der Waals surface area contributed by atoms with Gasteiger partial charge in [0, 0.05) is 22.8 Å². The summed E-state index contributed by atoms with van der Waals surface area (Å²) >= 11 is 3.94. The van der Waals surface area contributed by atoms with Gasteiger partial charge in [-0.25, -0.2) is 0 Å². The fourth-order valence-electron chi connectivity index (χ4n) is 4.97. The van der Waals surface area contributed by atoms with Gasteiger partial charge in [-0.05, 0) is 36.4 Å². The first-order valence-electron chi connectivity index (χ1n) is 8.30. The number of hydrogen-bond donors (Lipinski definition) is 0. The van der Waals surface area contributed by atoms with Crippen LogP contribution in [0.15, 0.2) is 12.2 Å². The molecule has 3 aliphatic carbocycles. The van der Waals surface area contributed by atoms with Crippen LogP contribution in [0.25, 0.3) is 0 Å². The molecule has 2 bridgehead atoms. The van der Waals surface area contributed by atoms with E-state index in [1.807, 2.05) is 0 Å². The van der Waals surface area contributed by atoms with E-state index >= 15 is 0 Å². The van der Waals surface area contributed by atoms with Crippen LogP contribution in [0.4, 0.5) is 0 Å². The third-order valence-electron chi connectivity index (χ3n) is 7.17. The van der Waals surface area contributed by atoms with Gasteiger partial charge in [0.2, 0.25) is 0 Å². The quantitative estimate of drug-likeness (QED) is 0.417. The normalized spacial score (nSPS) is 50.4.